The molecule has 0 fully saturated rings. The van der Waals surface area contributed by atoms with Gasteiger partial charge in [-0.05, 0) is 36.3 Å². The molecule has 1 nitrogen and oxygen atoms in total. The van der Waals surface area contributed by atoms with Crippen LogP contribution in [0, 0.1) is 11.6 Å². The number of benzene rings is 1. The third kappa shape index (κ3) is 4.94. The van der Waals surface area contributed by atoms with Gasteiger partial charge in [0.2, 0.25) is 0 Å². The molecule has 0 bridgehead atoms. The van der Waals surface area contributed by atoms with Crippen molar-refractivity contribution in [3.63, 3.8) is 0 Å². The highest BCUT2D eigenvalue weighted by molar-refractivity contribution is 7.99. The van der Waals surface area contributed by atoms with Crippen molar-refractivity contribution >= 4 is 11.8 Å². The highest BCUT2D eigenvalue weighted by Crippen LogP contribution is 2.13. The predicted octanol–water partition coefficient (Wildman–Crippen LogP) is 3.01. The van der Waals surface area contributed by atoms with Crippen molar-refractivity contribution in [3.05, 3.63) is 35.4 Å². The van der Waals surface area contributed by atoms with Gasteiger partial charge in [-0.1, -0.05) is 6.92 Å². The molecule has 16 heavy (non-hydrogen) atoms. The Balaban J connectivity index is 2.45. The van der Waals surface area contributed by atoms with Gasteiger partial charge in [0.1, 0.15) is 11.6 Å². The summed E-state index contributed by atoms with van der Waals surface area (Å²) in [6.45, 7) is 2.07. The first-order valence-corrected chi connectivity index (χ1v) is 6.48. The monoisotopic (exact) mass is 246 g/mol. The van der Waals surface area contributed by atoms with E-state index in [1.54, 1.807) is 11.8 Å². The van der Waals surface area contributed by atoms with Crippen molar-refractivity contribution in [1.82, 2.24) is 0 Å². The summed E-state index contributed by atoms with van der Waals surface area (Å²) in [4.78, 5) is 0. The molecule has 1 N–H and O–H groups in total. The number of hydrogen-bond donors (Lipinski definition) is 1. The molecule has 1 atom stereocenters. The molecule has 0 aromatic heterocycles. The lowest BCUT2D eigenvalue weighted by molar-refractivity contribution is 0.200. The minimum Gasteiger partial charge on any atom is -0.392 e. The topological polar surface area (TPSA) is 20.2 Å². The summed E-state index contributed by atoms with van der Waals surface area (Å²) < 4.78 is 25.7. The molecule has 0 saturated carbocycles. The van der Waals surface area contributed by atoms with Crippen LogP contribution in [0.4, 0.5) is 8.78 Å². The van der Waals surface area contributed by atoms with Gasteiger partial charge in [0.05, 0.1) is 6.10 Å². The van der Waals surface area contributed by atoms with E-state index in [-0.39, 0.29) is 0 Å². The van der Waals surface area contributed by atoms with E-state index < -0.39 is 17.7 Å². The Labute approximate surface area is 98.9 Å². The van der Waals surface area contributed by atoms with Gasteiger partial charge in [-0.15, -0.1) is 0 Å². The van der Waals surface area contributed by atoms with Crippen LogP contribution in [0.15, 0.2) is 18.2 Å². The third-order valence-electron chi connectivity index (χ3n) is 2.05. The van der Waals surface area contributed by atoms with E-state index in [1.807, 2.05) is 0 Å². The van der Waals surface area contributed by atoms with Crippen LogP contribution >= 0.6 is 11.8 Å². The Morgan fingerprint density at radius 1 is 1.25 bits per heavy atom. The first-order chi connectivity index (χ1) is 7.61. The number of hydrogen-bond acceptors (Lipinski definition) is 2. The number of thioether (sulfide) groups is 1. The van der Waals surface area contributed by atoms with E-state index in [4.69, 9.17) is 0 Å². The zero-order valence-electron chi connectivity index (χ0n) is 9.25. The van der Waals surface area contributed by atoms with Gasteiger partial charge < -0.3 is 5.11 Å². The van der Waals surface area contributed by atoms with Crippen LogP contribution in [-0.2, 0) is 6.42 Å². The molecule has 1 aromatic rings. The molecule has 0 aliphatic heterocycles. The van der Waals surface area contributed by atoms with Crippen molar-refractivity contribution in [1.29, 1.82) is 0 Å². The number of halogens is 2. The maximum Gasteiger partial charge on any atom is 0.126 e. The quantitative estimate of drug-likeness (QED) is 0.779. The van der Waals surface area contributed by atoms with Crippen molar-refractivity contribution < 1.29 is 13.9 Å². The minimum absolute atomic E-state index is 0.297. The maximum absolute atomic E-state index is 12.9. The van der Waals surface area contributed by atoms with Gasteiger partial charge in [-0.25, -0.2) is 8.78 Å². The second-order valence-electron chi connectivity index (χ2n) is 3.71. The summed E-state index contributed by atoms with van der Waals surface area (Å²) in [6.07, 6.45) is 0.815. The summed E-state index contributed by atoms with van der Waals surface area (Å²) in [5.74, 6) is 0.410. The zero-order chi connectivity index (χ0) is 12.0. The standard InChI is InChI=1S/C12H16F2OS/c1-2-3-16-8-12(15)6-9-4-10(13)7-11(14)5-9/h4-5,7,12,15H,2-3,6,8H2,1H3. The molecule has 0 heterocycles. The first kappa shape index (κ1) is 13.5. The maximum atomic E-state index is 12.9. The fourth-order valence-electron chi connectivity index (χ4n) is 1.42. The minimum atomic E-state index is -0.594. The lowest BCUT2D eigenvalue weighted by atomic mass is 10.1. The van der Waals surface area contributed by atoms with Crippen LogP contribution in [0.2, 0.25) is 0 Å². The second kappa shape index (κ2) is 6.86. The Kier molecular flexibility index (Phi) is 5.77. The molecule has 1 unspecified atom stereocenters. The first-order valence-electron chi connectivity index (χ1n) is 5.32. The number of aliphatic hydroxyl groups is 1. The van der Waals surface area contributed by atoms with Crippen molar-refractivity contribution in [3.8, 4) is 0 Å². The lowest BCUT2D eigenvalue weighted by Crippen LogP contribution is -2.14. The summed E-state index contributed by atoms with van der Waals surface area (Å²) >= 11 is 1.65. The molecule has 1 rings (SSSR count). The fourth-order valence-corrected chi connectivity index (χ4v) is 2.27. The third-order valence-corrected chi connectivity index (χ3v) is 3.37. The Bertz CT molecular complexity index is 311. The number of rotatable bonds is 6. The molecule has 0 aliphatic carbocycles. The summed E-state index contributed by atoms with van der Waals surface area (Å²) in [5, 5.41) is 9.65. The van der Waals surface area contributed by atoms with Gasteiger partial charge in [0.25, 0.3) is 0 Å². The number of aliphatic hydroxyl groups excluding tert-OH is 1. The van der Waals surface area contributed by atoms with E-state index in [2.05, 4.69) is 6.92 Å². The van der Waals surface area contributed by atoms with Crippen molar-refractivity contribution in [2.75, 3.05) is 11.5 Å². The largest absolute Gasteiger partial charge is 0.392 e. The van der Waals surface area contributed by atoms with E-state index in [0.717, 1.165) is 18.2 Å². The smallest absolute Gasteiger partial charge is 0.126 e. The van der Waals surface area contributed by atoms with Gasteiger partial charge in [-0.3, -0.25) is 0 Å². The molecule has 0 saturated heterocycles. The van der Waals surface area contributed by atoms with Crippen LogP contribution in [0.1, 0.15) is 18.9 Å². The van der Waals surface area contributed by atoms with Gasteiger partial charge in [0, 0.05) is 11.8 Å². The van der Waals surface area contributed by atoms with Gasteiger partial charge >= 0.3 is 0 Å². The molecular weight excluding hydrogens is 230 g/mol. The molecule has 90 valence electrons. The normalized spacial score (nSPS) is 12.8. The van der Waals surface area contributed by atoms with Gasteiger partial charge in [-0.2, -0.15) is 11.8 Å². The van der Waals surface area contributed by atoms with E-state index in [1.165, 1.54) is 12.1 Å². The lowest BCUT2D eigenvalue weighted by Gasteiger charge is -2.10. The molecule has 1 aromatic carbocycles. The Morgan fingerprint density at radius 3 is 2.44 bits per heavy atom. The van der Waals surface area contributed by atoms with E-state index >= 15 is 0 Å². The second-order valence-corrected chi connectivity index (χ2v) is 4.86. The summed E-state index contributed by atoms with van der Waals surface area (Å²) in [5.41, 5.74) is 0.502. The average Bonchev–Trinajstić information content (AvgIpc) is 2.16. The fraction of sp³-hybridized carbons (Fsp3) is 0.500. The summed E-state index contributed by atoms with van der Waals surface area (Å²) in [7, 11) is 0. The van der Waals surface area contributed by atoms with Gasteiger partial charge in [0.15, 0.2) is 0 Å². The highest BCUT2D eigenvalue weighted by atomic mass is 32.2. The highest BCUT2D eigenvalue weighted by Gasteiger charge is 2.07. The van der Waals surface area contributed by atoms with Crippen molar-refractivity contribution in [2.45, 2.75) is 25.9 Å². The van der Waals surface area contributed by atoms with Crippen LogP contribution in [0.3, 0.4) is 0 Å². The SMILES string of the molecule is CCCSCC(O)Cc1cc(F)cc(F)c1. The van der Waals surface area contributed by atoms with Crippen molar-refractivity contribution in [2.24, 2.45) is 0 Å². The average molecular weight is 246 g/mol. The summed E-state index contributed by atoms with van der Waals surface area (Å²) in [6, 6.07) is 3.36. The predicted molar refractivity (Wildman–Crippen MR) is 63.7 cm³/mol. The van der Waals surface area contributed by atoms with E-state index in [0.29, 0.717) is 17.7 Å². The van der Waals surface area contributed by atoms with Crippen LogP contribution in [-0.4, -0.2) is 22.7 Å². The molecule has 0 radical (unpaired) electrons. The van der Waals surface area contributed by atoms with Crippen LogP contribution in [0.25, 0.3) is 0 Å². The molecule has 0 amide bonds. The molecule has 4 heteroatoms. The Morgan fingerprint density at radius 2 is 1.88 bits per heavy atom. The molecule has 0 spiro atoms. The zero-order valence-corrected chi connectivity index (χ0v) is 10.1. The van der Waals surface area contributed by atoms with Crippen LogP contribution in [0.5, 0.6) is 0 Å². The molecule has 0 aliphatic rings. The molecular formula is C12H16F2OS. The van der Waals surface area contributed by atoms with E-state index in [9.17, 15) is 13.9 Å². The van der Waals surface area contributed by atoms with Crippen LogP contribution < -0.4 is 0 Å². The Hall–Kier alpha value is -0.610.